The number of carbonyl (C=O) groups is 4. The van der Waals surface area contributed by atoms with Gasteiger partial charge in [0.15, 0.2) is 10.0 Å². The fraction of sp³-hybridized carbons (Fsp3) is 0.269. The largest absolute Gasteiger partial charge is 0.488 e. The van der Waals surface area contributed by atoms with Crippen molar-refractivity contribution in [2.75, 3.05) is 78.5 Å². The SMILES string of the molecule is O=C(c1nccs1)N1CCN(C2CN(C(=O)c3sc4cc(-c5ccccc5)ccc4c3Cl)C2)CC1.O=C(c1nccs1)N1CCN(C2CN(C(=O)c3sc4cc(Br)ccc4c3Cl)C2)CC1.OB(O)c1ccccc1. The minimum atomic E-state index is -1.34. The summed E-state index contributed by atoms with van der Waals surface area (Å²) in [7, 11) is -1.34. The Bertz CT molecular complexity index is 3250. The number of halogens is 3. The number of hydrogen-bond acceptors (Lipinski definition) is 14. The predicted octanol–water partition coefficient (Wildman–Crippen LogP) is 8.38. The van der Waals surface area contributed by atoms with Gasteiger partial charge in [-0.3, -0.25) is 29.0 Å². The van der Waals surface area contributed by atoms with Gasteiger partial charge in [-0.05, 0) is 34.8 Å². The predicted molar refractivity (Wildman–Crippen MR) is 302 cm³/mol. The number of carbonyl (C=O) groups excluding carboxylic acids is 4. The number of aromatic nitrogens is 2. The summed E-state index contributed by atoms with van der Waals surface area (Å²) in [5.74, 6) is 0.0402. The Balaban J connectivity index is 0.000000146. The third-order valence-electron chi connectivity index (χ3n) is 13.6. The summed E-state index contributed by atoms with van der Waals surface area (Å²) in [4.78, 5) is 72.9. The van der Waals surface area contributed by atoms with E-state index in [2.05, 4.69) is 60.0 Å². The first-order chi connectivity index (χ1) is 35.9. The second-order valence-corrected chi connectivity index (χ2v) is 23.6. The summed E-state index contributed by atoms with van der Waals surface area (Å²) < 4.78 is 3.01. The third-order valence-corrected chi connectivity index (χ3v) is 18.9. The number of thiophene rings is 2. The lowest BCUT2D eigenvalue weighted by Crippen LogP contribution is -2.64. The number of rotatable bonds is 8. The van der Waals surface area contributed by atoms with Crippen LogP contribution in [0.15, 0.2) is 125 Å². The summed E-state index contributed by atoms with van der Waals surface area (Å²) in [6, 6.07) is 31.6. The minimum Gasteiger partial charge on any atom is -0.423 e. The zero-order chi connectivity index (χ0) is 51.5. The summed E-state index contributed by atoms with van der Waals surface area (Å²) >= 11 is 22.3. The van der Waals surface area contributed by atoms with Gasteiger partial charge in [-0.15, -0.1) is 45.3 Å². The van der Waals surface area contributed by atoms with E-state index in [0.29, 0.717) is 99.7 Å². The molecule has 0 saturated carbocycles. The molecule has 0 aliphatic carbocycles. The molecule has 4 aromatic carbocycles. The van der Waals surface area contributed by atoms with Gasteiger partial charge in [0.05, 0.1) is 10.0 Å². The maximum atomic E-state index is 13.2. The highest BCUT2D eigenvalue weighted by atomic mass is 79.9. The lowest BCUT2D eigenvalue weighted by Gasteiger charge is -2.48. The van der Waals surface area contributed by atoms with Crippen LogP contribution in [0.25, 0.3) is 31.3 Å². The van der Waals surface area contributed by atoms with Crippen LogP contribution in [-0.4, -0.2) is 171 Å². The zero-order valence-corrected chi connectivity index (χ0v) is 46.0. The number of fused-ring (bicyclic) bond motifs is 2. The molecule has 2 N–H and O–H groups in total. The van der Waals surface area contributed by atoms with Crippen LogP contribution in [0, 0.1) is 0 Å². The van der Waals surface area contributed by atoms with Crippen molar-refractivity contribution in [3.63, 3.8) is 0 Å². The van der Waals surface area contributed by atoms with E-state index in [1.807, 2.05) is 78.9 Å². The van der Waals surface area contributed by atoms with Crippen molar-refractivity contribution in [3.05, 3.63) is 155 Å². The molecular formula is C52H48BBrCl2N8O6S4. The fourth-order valence-electron chi connectivity index (χ4n) is 9.31. The zero-order valence-electron chi connectivity index (χ0n) is 39.6. The summed E-state index contributed by atoms with van der Waals surface area (Å²) in [5, 5.41) is 24.9. The van der Waals surface area contributed by atoms with E-state index in [1.165, 1.54) is 45.3 Å². The molecule has 8 aromatic rings. The number of benzene rings is 4. The Kier molecular flexibility index (Phi) is 16.6. The van der Waals surface area contributed by atoms with Crippen LogP contribution in [0.2, 0.25) is 10.0 Å². The van der Waals surface area contributed by atoms with Crippen LogP contribution < -0.4 is 5.46 Å². The topological polar surface area (TPSA) is 154 Å². The molecule has 22 heteroatoms. The van der Waals surface area contributed by atoms with Crippen LogP contribution in [-0.2, 0) is 0 Å². The van der Waals surface area contributed by atoms with Gasteiger partial charge in [-0.2, -0.15) is 0 Å². The van der Waals surface area contributed by atoms with E-state index in [9.17, 15) is 19.2 Å². The molecule has 4 aliphatic heterocycles. The Morgan fingerprint density at radius 1 is 0.541 bits per heavy atom. The second-order valence-electron chi connectivity index (χ2n) is 18.1. The van der Waals surface area contributed by atoms with Crippen LogP contribution >= 0.6 is 84.5 Å². The van der Waals surface area contributed by atoms with Gasteiger partial charge in [0.1, 0.15) is 9.75 Å². The van der Waals surface area contributed by atoms with E-state index in [1.54, 1.807) is 36.7 Å². The van der Waals surface area contributed by atoms with Crippen LogP contribution in [0.1, 0.15) is 38.9 Å². The first kappa shape index (κ1) is 52.4. The normalized spacial score (nSPS) is 16.5. The molecule has 4 aromatic heterocycles. The molecule has 0 bridgehead atoms. The summed E-state index contributed by atoms with van der Waals surface area (Å²) in [5.41, 5.74) is 2.79. The average molecular weight is 1170 g/mol. The number of likely N-dealkylation sites (tertiary alicyclic amines) is 2. The van der Waals surface area contributed by atoms with E-state index < -0.39 is 7.12 Å². The number of nitrogens with zero attached hydrogens (tertiary/aromatic N) is 8. The maximum absolute atomic E-state index is 13.2. The lowest BCUT2D eigenvalue weighted by atomic mass is 9.81. The van der Waals surface area contributed by atoms with Crippen molar-refractivity contribution in [1.29, 1.82) is 0 Å². The quantitative estimate of drug-likeness (QED) is 0.142. The monoisotopic (exact) mass is 1170 g/mol. The van der Waals surface area contributed by atoms with Gasteiger partial charge in [-0.1, -0.05) is 118 Å². The first-order valence-electron chi connectivity index (χ1n) is 23.9. The molecule has 4 aliphatic rings. The molecular weight excluding hydrogens is 1120 g/mol. The van der Waals surface area contributed by atoms with Crippen molar-refractivity contribution in [2.24, 2.45) is 0 Å². The van der Waals surface area contributed by atoms with E-state index in [0.717, 1.165) is 62.0 Å². The highest BCUT2D eigenvalue weighted by Gasteiger charge is 2.40. The Labute approximate surface area is 462 Å². The highest BCUT2D eigenvalue weighted by Crippen LogP contribution is 2.40. The Morgan fingerprint density at radius 3 is 1.42 bits per heavy atom. The van der Waals surface area contributed by atoms with Crippen LogP contribution in [0.4, 0.5) is 0 Å². The number of piperazine rings is 2. The molecule has 4 fully saturated rings. The molecule has 0 atom stereocenters. The average Bonchev–Trinajstić information content (AvgIpc) is 4.25. The minimum absolute atomic E-state index is 0.00570. The lowest BCUT2D eigenvalue weighted by molar-refractivity contribution is 0.00832. The van der Waals surface area contributed by atoms with Crippen molar-refractivity contribution in [1.82, 2.24) is 39.4 Å². The van der Waals surface area contributed by atoms with Crippen molar-refractivity contribution in [3.8, 4) is 11.1 Å². The number of thiazole rings is 2. The molecule has 12 rings (SSSR count). The molecule has 8 heterocycles. The first-order valence-corrected chi connectivity index (χ1v) is 28.8. The molecule has 380 valence electrons. The van der Waals surface area contributed by atoms with Crippen molar-refractivity contribution < 1.29 is 29.2 Å². The Morgan fingerprint density at radius 2 is 0.986 bits per heavy atom. The van der Waals surface area contributed by atoms with Crippen LogP contribution in [0.5, 0.6) is 0 Å². The highest BCUT2D eigenvalue weighted by molar-refractivity contribution is 9.10. The molecule has 4 amide bonds. The Hall–Kier alpha value is -5.10. The maximum Gasteiger partial charge on any atom is 0.488 e. The van der Waals surface area contributed by atoms with Gasteiger partial charge >= 0.3 is 7.12 Å². The van der Waals surface area contributed by atoms with Gasteiger partial charge in [0, 0.05) is 138 Å². The van der Waals surface area contributed by atoms with Gasteiger partial charge in [0.2, 0.25) is 0 Å². The molecule has 0 unspecified atom stereocenters. The molecule has 14 nitrogen and oxygen atoms in total. The standard InChI is InChI=1S/C26H23ClN4O2S2.C20H18BrClN4O2S2.C6H7BO2/c27-22-20-7-6-18(17-4-2-1-3-5-17)14-21(20)35-23(22)25(32)31-15-19(16-31)29-9-11-30(12-10-29)26(33)24-28-8-13-34-24;21-12-1-2-14-15(9-12)30-17(16(14)22)19(27)26-10-13(11-26)24-4-6-25(7-5-24)20(28)18-23-3-8-29-18;8-7(9)6-4-2-1-3-5-6/h1-8,13-14,19H,9-12,15-16H2;1-3,8-9,13H,4-7,10-11H2;1-5,8-9H. The summed E-state index contributed by atoms with van der Waals surface area (Å²) in [6.45, 7) is 8.83. The number of amides is 4. The third kappa shape index (κ3) is 11.5. The van der Waals surface area contributed by atoms with E-state index in [4.69, 9.17) is 33.2 Å². The molecule has 0 radical (unpaired) electrons. The summed E-state index contributed by atoms with van der Waals surface area (Å²) in [6.07, 6.45) is 3.33. The second kappa shape index (κ2) is 23.4. The van der Waals surface area contributed by atoms with Crippen LogP contribution in [0.3, 0.4) is 0 Å². The van der Waals surface area contributed by atoms with Crippen molar-refractivity contribution >= 4 is 141 Å². The van der Waals surface area contributed by atoms with Gasteiger partial charge in [0.25, 0.3) is 23.6 Å². The van der Waals surface area contributed by atoms with Gasteiger partial charge in [-0.25, -0.2) is 9.97 Å². The van der Waals surface area contributed by atoms with E-state index >= 15 is 0 Å². The van der Waals surface area contributed by atoms with E-state index in [-0.39, 0.29) is 23.6 Å². The molecule has 0 spiro atoms. The molecule has 4 saturated heterocycles. The number of hydrogen-bond donors (Lipinski definition) is 2. The van der Waals surface area contributed by atoms with Gasteiger partial charge < -0.3 is 29.6 Å². The fourth-order valence-corrected chi connectivity index (χ4v) is 14.1. The molecule has 74 heavy (non-hydrogen) atoms. The smallest absolute Gasteiger partial charge is 0.423 e. The van der Waals surface area contributed by atoms with Crippen molar-refractivity contribution in [2.45, 2.75) is 12.1 Å².